The number of piperazine rings is 1. The largest absolute Gasteiger partial charge is 0.351 e. The summed E-state index contributed by atoms with van der Waals surface area (Å²) in [5.74, 6) is -0.405. The van der Waals surface area contributed by atoms with Crippen LogP contribution in [0.1, 0.15) is 21.5 Å². The monoisotopic (exact) mass is 473 g/mol. The minimum absolute atomic E-state index is 0.118. The van der Waals surface area contributed by atoms with E-state index < -0.39 is 10.8 Å². The number of aryl methyl sites for hydroxylation is 2. The van der Waals surface area contributed by atoms with Gasteiger partial charge in [0.2, 0.25) is 0 Å². The van der Waals surface area contributed by atoms with E-state index in [1.807, 2.05) is 0 Å². The van der Waals surface area contributed by atoms with Gasteiger partial charge in [-0.05, 0) is 31.0 Å². The van der Waals surface area contributed by atoms with Crippen LogP contribution in [0.4, 0.5) is 10.8 Å². The number of fused-ring (bicyclic) bond motifs is 1. The van der Waals surface area contributed by atoms with Crippen molar-refractivity contribution in [1.29, 1.82) is 0 Å². The molecule has 1 saturated heterocycles. The molecule has 1 fully saturated rings. The highest BCUT2D eigenvalue weighted by molar-refractivity contribution is 7.22. The molecule has 0 aliphatic carbocycles. The Kier molecular flexibility index (Phi) is 6.59. The van der Waals surface area contributed by atoms with Crippen LogP contribution in [-0.4, -0.2) is 60.0 Å². The normalized spacial score (nSPS) is 14.7. The molecule has 2 aromatic carbocycles. The van der Waals surface area contributed by atoms with E-state index in [2.05, 4.69) is 41.1 Å². The van der Waals surface area contributed by atoms with Crippen LogP contribution in [-0.2, 0) is 0 Å². The van der Waals surface area contributed by atoms with Gasteiger partial charge in [0.25, 0.3) is 11.6 Å². The van der Waals surface area contributed by atoms with E-state index in [-0.39, 0.29) is 16.3 Å². The van der Waals surface area contributed by atoms with E-state index in [9.17, 15) is 14.9 Å². The maximum Gasteiger partial charge on any atom is 0.270 e. The number of halogens is 1. The Hall–Kier alpha value is -2.75. The van der Waals surface area contributed by atoms with Gasteiger partial charge in [-0.2, -0.15) is 0 Å². The highest BCUT2D eigenvalue weighted by atomic mass is 35.5. The number of anilines is 1. The van der Waals surface area contributed by atoms with Gasteiger partial charge in [0.1, 0.15) is 0 Å². The molecule has 168 valence electrons. The molecule has 0 radical (unpaired) electrons. The lowest BCUT2D eigenvalue weighted by molar-refractivity contribution is -0.384. The standard InChI is InChI=1S/C22H24ClN5O3S/c1-14-3-4-15(2)20-19(14)25-22(32-20)27-11-9-26(10-12-27)8-7-24-21(29)17-13-16(28(30)31)5-6-18(17)23/h3-6,13H,7-12H2,1-2H3,(H,24,29). The number of nitro groups is 1. The first-order valence-electron chi connectivity index (χ1n) is 10.4. The van der Waals surface area contributed by atoms with Crippen LogP contribution in [0.15, 0.2) is 30.3 Å². The number of nitro benzene ring substituents is 1. The van der Waals surface area contributed by atoms with Crippen molar-refractivity contribution in [3.05, 3.63) is 62.2 Å². The second-order valence-corrected chi connectivity index (χ2v) is 9.26. The minimum Gasteiger partial charge on any atom is -0.351 e. The number of amides is 1. The van der Waals surface area contributed by atoms with Gasteiger partial charge < -0.3 is 10.2 Å². The van der Waals surface area contributed by atoms with Gasteiger partial charge in [-0.1, -0.05) is 35.1 Å². The fraction of sp³-hybridized carbons (Fsp3) is 0.364. The predicted octanol–water partition coefficient (Wildman–Crippen LogP) is 4.03. The topological polar surface area (TPSA) is 91.6 Å². The summed E-state index contributed by atoms with van der Waals surface area (Å²) >= 11 is 7.79. The fourth-order valence-corrected chi connectivity index (χ4v) is 5.14. The first-order chi connectivity index (χ1) is 15.3. The van der Waals surface area contributed by atoms with Crippen LogP contribution in [0.5, 0.6) is 0 Å². The molecule has 3 aromatic rings. The molecule has 0 atom stereocenters. The SMILES string of the molecule is Cc1ccc(C)c2sc(N3CCN(CCNC(=O)c4cc([N+](=O)[O-])ccc4Cl)CC3)nc12. The Labute approximate surface area is 194 Å². The van der Waals surface area contributed by atoms with E-state index in [0.29, 0.717) is 13.1 Å². The minimum atomic E-state index is -0.541. The van der Waals surface area contributed by atoms with Crippen molar-refractivity contribution in [2.24, 2.45) is 0 Å². The molecule has 1 amide bonds. The summed E-state index contributed by atoms with van der Waals surface area (Å²) in [6.45, 7) is 8.87. The Morgan fingerprint density at radius 3 is 2.59 bits per heavy atom. The number of carbonyl (C=O) groups excluding carboxylic acids is 1. The van der Waals surface area contributed by atoms with Crippen molar-refractivity contribution in [3.8, 4) is 0 Å². The first-order valence-corrected chi connectivity index (χ1v) is 11.6. The van der Waals surface area contributed by atoms with E-state index >= 15 is 0 Å². The van der Waals surface area contributed by atoms with Gasteiger partial charge in [-0.15, -0.1) is 0 Å². The third-order valence-corrected chi connectivity index (χ3v) is 7.27. The number of aromatic nitrogens is 1. The Morgan fingerprint density at radius 1 is 1.19 bits per heavy atom. The van der Waals surface area contributed by atoms with Gasteiger partial charge in [0.15, 0.2) is 5.13 Å². The molecule has 32 heavy (non-hydrogen) atoms. The fourth-order valence-electron chi connectivity index (χ4n) is 3.77. The number of hydrogen-bond acceptors (Lipinski definition) is 7. The highest BCUT2D eigenvalue weighted by Crippen LogP contribution is 2.33. The quantitative estimate of drug-likeness (QED) is 0.429. The molecule has 0 spiro atoms. The van der Waals surface area contributed by atoms with Crippen molar-refractivity contribution < 1.29 is 9.72 Å². The zero-order valence-corrected chi connectivity index (χ0v) is 19.5. The number of carbonyl (C=O) groups is 1. The average molecular weight is 474 g/mol. The summed E-state index contributed by atoms with van der Waals surface area (Å²) in [4.78, 5) is 32.3. The van der Waals surface area contributed by atoms with Crippen LogP contribution < -0.4 is 10.2 Å². The lowest BCUT2D eigenvalue weighted by Crippen LogP contribution is -2.48. The van der Waals surface area contributed by atoms with Crippen molar-refractivity contribution in [2.45, 2.75) is 13.8 Å². The van der Waals surface area contributed by atoms with E-state index in [1.54, 1.807) is 11.3 Å². The van der Waals surface area contributed by atoms with Gasteiger partial charge in [-0.3, -0.25) is 19.8 Å². The smallest absolute Gasteiger partial charge is 0.270 e. The van der Waals surface area contributed by atoms with Crippen LogP contribution in [0.2, 0.25) is 5.02 Å². The molecule has 1 aliphatic heterocycles. The van der Waals surface area contributed by atoms with Crippen LogP contribution in [0.3, 0.4) is 0 Å². The van der Waals surface area contributed by atoms with Crippen LogP contribution in [0, 0.1) is 24.0 Å². The maximum absolute atomic E-state index is 12.4. The summed E-state index contributed by atoms with van der Waals surface area (Å²) in [6, 6.07) is 8.13. The average Bonchev–Trinajstić information content (AvgIpc) is 3.24. The molecule has 0 saturated carbocycles. The van der Waals surface area contributed by atoms with Gasteiger partial charge >= 0.3 is 0 Å². The molecule has 0 unspecified atom stereocenters. The second-order valence-electron chi connectivity index (χ2n) is 7.88. The number of nitrogens with zero attached hydrogens (tertiary/aromatic N) is 4. The zero-order valence-electron chi connectivity index (χ0n) is 17.9. The predicted molar refractivity (Wildman–Crippen MR) is 128 cm³/mol. The summed E-state index contributed by atoms with van der Waals surface area (Å²) in [7, 11) is 0. The molecule has 1 N–H and O–H groups in total. The summed E-state index contributed by atoms with van der Waals surface area (Å²) in [5, 5.41) is 15.0. The Bertz CT molecular complexity index is 1130. The summed E-state index contributed by atoms with van der Waals surface area (Å²) < 4.78 is 1.25. The molecule has 0 bridgehead atoms. The molecule has 10 heteroatoms. The number of thiazole rings is 1. The summed E-state index contributed by atoms with van der Waals surface area (Å²) in [6.07, 6.45) is 0. The molecule has 1 aliphatic rings. The molecular formula is C22H24ClN5O3S. The van der Waals surface area contributed by atoms with Gasteiger partial charge in [0, 0.05) is 51.4 Å². The van der Waals surface area contributed by atoms with Crippen LogP contribution in [0.25, 0.3) is 10.2 Å². The number of non-ortho nitro benzene ring substituents is 1. The van der Waals surface area contributed by atoms with Crippen molar-refractivity contribution in [1.82, 2.24) is 15.2 Å². The molecule has 1 aromatic heterocycles. The summed E-state index contributed by atoms with van der Waals surface area (Å²) in [5.41, 5.74) is 3.51. The van der Waals surface area contributed by atoms with Crippen molar-refractivity contribution in [2.75, 3.05) is 44.2 Å². The first kappa shape index (κ1) is 22.4. The molecule has 2 heterocycles. The number of nitrogens with one attached hydrogen (secondary N) is 1. The van der Waals surface area contributed by atoms with E-state index in [4.69, 9.17) is 16.6 Å². The maximum atomic E-state index is 12.4. The van der Waals surface area contributed by atoms with Crippen molar-refractivity contribution >= 4 is 49.9 Å². The number of benzene rings is 2. The molecule has 8 nitrogen and oxygen atoms in total. The van der Waals surface area contributed by atoms with E-state index in [0.717, 1.165) is 36.8 Å². The highest BCUT2D eigenvalue weighted by Gasteiger charge is 2.21. The van der Waals surface area contributed by atoms with Gasteiger partial charge in [0.05, 0.1) is 25.7 Å². The third-order valence-electron chi connectivity index (χ3n) is 5.69. The Balaban J connectivity index is 1.29. The number of rotatable bonds is 6. The zero-order chi connectivity index (χ0) is 22.8. The lowest BCUT2D eigenvalue weighted by atomic mass is 10.1. The van der Waals surface area contributed by atoms with E-state index in [1.165, 1.54) is 34.0 Å². The number of hydrogen-bond donors (Lipinski definition) is 1. The Morgan fingerprint density at radius 2 is 1.91 bits per heavy atom. The third kappa shape index (κ3) is 4.69. The lowest BCUT2D eigenvalue weighted by Gasteiger charge is -2.34. The van der Waals surface area contributed by atoms with Crippen molar-refractivity contribution in [3.63, 3.8) is 0 Å². The molecule has 4 rings (SSSR count). The molecular weight excluding hydrogens is 450 g/mol. The van der Waals surface area contributed by atoms with Crippen LogP contribution >= 0.6 is 22.9 Å². The second kappa shape index (κ2) is 9.40. The van der Waals surface area contributed by atoms with Gasteiger partial charge in [-0.25, -0.2) is 4.98 Å².